The summed E-state index contributed by atoms with van der Waals surface area (Å²) in [6, 6.07) is 3.53. The Balaban J connectivity index is 2.05. The molecule has 6 heteroatoms. The van der Waals surface area contributed by atoms with E-state index in [2.05, 4.69) is 5.32 Å². The first kappa shape index (κ1) is 15.2. The standard InChI is InChI=1S/C15H19NO5/c1-9-4-11-12(21-8-20-11)5-10(9)16-13(17)6-15(2,3)7-14(18)19/h4-5H,6-8H2,1-3H3,(H,16,17)(H,18,19). The first-order chi connectivity index (χ1) is 9.77. The van der Waals surface area contributed by atoms with Crippen LogP contribution in [0.15, 0.2) is 12.1 Å². The normalized spacial score (nSPS) is 13.1. The quantitative estimate of drug-likeness (QED) is 0.871. The number of carboxylic acid groups (broad SMARTS) is 1. The van der Waals surface area contributed by atoms with E-state index in [1.54, 1.807) is 26.0 Å². The van der Waals surface area contributed by atoms with Crippen molar-refractivity contribution in [2.75, 3.05) is 12.1 Å². The molecule has 2 rings (SSSR count). The number of aryl methyl sites for hydroxylation is 1. The highest BCUT2D eigenvalue weighted by Gasteiger charge is 2.26. The number of benzene rings is 1. The summed E-state index contributed by atoms with van der Waals surface area (Å²) in [4.78, 5) is 22.9. The molecule has 0 saturated carbocycles. The maximum absolute atomic E-state index is 12.1. The molecule has 114 valence electrons. The Morgan fingerprint density at radius 3 is 2.48 bits per heavy atom. The van der Waals surface area contributed by atoms with Gasteiger partial charge in [0.05, 0.1) is 6.42 Å². The summed E-state index contributed by atoms with van der Waals surface area (Å²) >= 11 is 0. The summed E-state index contributed by atoms with van der Waals surface area (Å²) in [5, 5.41) is 11.6. The van der Waals surface area contributed by atoms with Crippen molar-refractivity contribution in [3.63, 3.8) is 0 Å². The zero-order chi connectivity index (χ0) is 15.6. The van der Waals surface area contributed by atoms with Crippen LogP contribution in [0.25, 0.3) is 0 Å². The highest BCUT2D eigenvalue weighted by molar-refractivity contribution is 5.92. The van der Waals surface area contributed by atoms with Gasteiger partial charge in [-0.3, -0.25) is 9.59 Å². The minimum Gasteiger partial charge on any atom is -0.481 e. The highest BCUT2D eigenvalue weighted by atomic mass is 16.7. The second-order valence-electron chi connectivity index (χ2n) is 5.98. The summed E-state index contributed by atoms with van der Waals surface area (Å²) < 4.78 is 10.5. The molecule has 0 atom stereocenters. The van der Waals surface area contributed by atoms with E-state index < -0.39 is 11.4 Å². The van der Waals surface area contributed by atoms with Crippen LogP contribution in [0.1, 0.15) is 32.3 Å². The lowest BCUT2D eigenvalue weighted by atomic mass is 9.85. The molecule has 1 aliphatic rings. The topological polar surface area (TPSA) is 84.9 Å². The molecule has 0 saturated heterocycles. The summed E-state index contributed by atoms with van der Waals surface area (Å²) in [6.45, 7) is 5.55. The number of hydrogen-bond acceptors (Lipinski definition) is 4. The van der Waals surface area contributed by atoms with Crippen LogP contribution in [0, 0.1) is 12.3 Å². The van der Waals surface area contributed by atoms with Gasteiger partial charge in [0, 0.05) is 18.2 Å². The van der Waals surface area contributed by atoms with Crippen molar-refractivity contribution in [3.05, 3.63) is 17.7 Å². The third-order valence-electron chi connectivity index (χ3n) is 3.26. The molecule has 6 nitrogen and oxygen atoms in total. The number of fused-ring (bicyclic) bond motifs is 1. The molecule has 1 aliphatic heterocycles. The highest BCUT2D eigenvalue weighted by Crippen LogP contribution is 2.37. The van der Waals surface area contributed by atoms with E-state index in [-0.39, 0.29) is 25.5 Å². The van der Waals surface area contributed by atoms with E-state index in [0.29, 0.717) is 17.2 Å². The number of amides is 1. The second kappa shape index (κ2) is 5.63. The average molecular weight is 293 g/mol. The molecule has 0 spiro atoms. The molecule has 0 unspecified atom stereocenters. The zero-order valence-electron chi connectivity index (χ0n) is 12.4. The molecular weight excluding hydrogens is 274 g/mol. The van der Waals surface area contributed by atoms with Gasteiger partial charge >= 0.3 is 5.97 Å². The average Bonchev–Trinajstić information content (AvgIpc) is 2.73. The smallest absolute Gasteiger partial charge is 0.303 e. The summed E-state index contributed by atoms with van der Waals surface area (Å²) in [5.74, 6) is 0.132. The molecule has 0 aliphatic carbocycles. The van der Waals surface area contributed by atoms with Gasteiger partial charge in [-0.25, -0.2) is 0 Å². The predicted octanol–water partition coefficient (Wildman–Crippen LogP) is 2.55. The van der Waals surface area contributed by atoms with Crippen LogP contribution < -0.4 is 14.8 Å². The molecule has 0 fully saturated rings. The molecule has 0 aromatic heterocycles. The zero-order valence-corrected chi connectivity index (χ0v) is 12.4. The van der Waals surface area contributed by atoms with Gasteiger partial charge < -0.3 is 19.9 Å². The van der Waals surface area contributed by atoms with Gasteiger partial charge in [-0.1, -0.05) is 13.8 Å². The lowest BCUT2D eigenvalue weighted by Gasteiger charge is -2.21. The fourth-order valence-corrected chi connectivity index (χ4v) is 2.28. The van der Waals surface area contributed by atoms with Gasteiger partial charge in [0.15, 0.2) is 11.5 Å². The fraction of sp³-hybridized carbons (Fsp3) is 0.467. The van der Waals surface area contributed by atoms with Crippen molar-refractivity contribution in [2.45, 2.75) is 33.6 Å². The van der Waals surface area contributed by atoms with Crippen LogP contribution >= 0.6 is 0 Å². The first-order valence-electron chi connectivity index (χ1n) is 6.69. The van der Waals surface area contributed by atoms with E-state index in [4.69, 9.17) is 14.6 Å². The Kier molecular flexibility index (Phi) is 4.06. The molecule has 1 heterocycles. The van der Waals surface area contributed by atoms with E-state index in [0.717, 1.165) is 5.56 Å². The largest absolute Gasteiger partial charge is 0.481 e. The third kappa shape index (κ3) is 3.87. The SMILES string of the molecule is Cc1cc2c(cc1NC(=O)CC(C)(C)CC(=O)O)OCO2. The first-order valence-corrected chi connectivity index (χ1v) is 6.69. The van der Waals surface area contributed by atoms with E-state index in [1.807, 2.05) is 6.92 Å². The maximum Gasteiger partial charge on any atom is 0.303 e. The predicted molar refractivity (Wildman–Crippen MR) is 76.6 cm³/mol. The number of rotatable bonds is 5. The van der Waals surface area contributed by atoms with E-state index in [9.17, 15) is 9.59 Å². The maximum atomic E-state index is 12.1. The Morgan fingerprint density at radius 1 is 1.24 bits per heavy atom. The molecule has 1 aromatic rings. The fourth-order valence-electron chi connectivity index (χ4n) is 2.28. The Hall–Kier alpha value is -2.24. The summed E-state index contributed by atoms with van der Waals surface area (Å²) in [7, 11) is 0. The lowest BCUT2D eigenvalue weighted by molar-refractivity contribution is -0.139. The number of nitrogens with one attached hydrogen (secondary N) is 1. The molecule has 2 N–H and O–H groups in total. The minimum absolute atomic E-state index is 0.0550. The number of ether oxygens (including phenoxy) is 2. The lowest BCUT2D eigenvalue weighted by Crippen LogP contribution is -2.25. The summed E-state index contributed by atoms with van der Waals surface area (Å²) in [6.07, 6.45) is 0.0771. The van der Waals surface area contributed by atoms with E-state index >= 15 is 0 Å². The molecule has 0 radical (unpaired) electrons. The van der Waals surface area contributed by atoms with Gasteiger partial charge in [0.25, 0.3) is 0 Å². The van der Waals surface area contributed by atoms with Gasteiger partial charge in [-0.05, 0) is 24.0 Å². The number of anilines is 1. The van der Waals surface area contributed by atoms with Crippen molar-refractivity contribution in [2.24, 2.45) is 5.41 Å². The van der Waals surface area contributed by atoms with Crippen LogP contribution in [0.4, 0.5) is 5.69 Å². The van der Waals surface area contributed by atoms with Gasteiger partial charge in [0.1, 0.15) is 0 Å². The van der Waals surface area contributed by atoms with Crippen molar-refractivity contribution < 1.29 is 24.2 Å². The van der Waals surface area contributed by atoms with Gasteiger partial charge in [0.2, 0.25) is 12.7 Å². The van der Waals surface area contributed by atoms with Crippen molar-refractivity contribution >= 4 is 17.6 Å². The number of carboxylic acids is 1. The molecule has 21 heavy (non-hydrogen) atoms. The van der Waals surface area contributed by atoms with Crippen LogP contribution in [0.5, 0.6) is 11.5 Å². The molecule has 0 bridgehead atoms. The summed E-state index contributed by atoms with van der Waals surface area (Å²) in [5.41, 5.74) is 0.916. The van der Waals surface area contributed by atoms with Gasteiger partial charge in [-0.2, -0.15) is 0 Å². The molecule has 1 aromatic carbocycles. The van der Waals surface area contributed by atoms with Gasteiger partial charge in [-0.15, -0.1) is 0 Å². The third-order valence-corrected chi connectivity index (χ3v) is 3.26. The number of carbonyl (C=O) groups is 2. The van der Waals surface area contributed by atoms with Crippen molar-refractivity contribution in [3.8, 4) is 11.5 Å². The van der Waals surface area contributed by atoms with Crippen LogP contribution in [0.3, 0.4) is 0 Å². The monoisotopic (exact) mass is 293 g/mol. The van der Waals surface area contributed by atoms with Crippen molar-refractivity contribution in [1.82, 2.24) is 0 Å². The van der Waals surface area contributed by atoms with Crippen LogP contribution in [-0.4, -0.2) is 23.8 Å². The number of aliphatic carboxylic acids is 1. The van der Waals surface area contributed by atoms with E-state index in [1.165, 1.54) is 0 Å². The minimum atomic E-state index is -0.910. The number of carbonyl (C=O) groups excluding carboxylic acids is 1. The Bertz CT molecular complexity index is 580. The second-order valence-corrected chi connectivity index (χ2v) is 5.98. The van der Waals surface area contributed by atoms with Crippen molar-refractivity contribution in [1.29, 1.82) is 0 Å². The van der Waals surface area contributed by atoms with Crippen LogP contribution in [0.2, 0.25) is 0 Å². The Labute approximate surface area is 123 Å². The Morgan fingerprint density at radius 2 is 1.86 bits per heavy atom. The van der Waals surface area contributed by atoms with Crippen LogP contribution in [-0.2, 0) is 9.59 Å². The molecular formula is C15H19NO5. The number of hydrogen-bond donors (Lipinski definition) is 2. The molecule has 1 amide bonds.